The van der Waals surface area contributed by atoms with Crippen LogP contribution < -0.4 is 0 Å². The van der Waals surface area contributed by atoms with Crippen LogP contribution >= 0.6 is 0 Å². The highest BCUT2D eigenvalue weighted by Crippen LogP contribution is 2.45. The van der Waals surface area contributed by atoms with Crippen LogP contribution in [0.4, 0.5) is 22.0 Å². The Morgan fingerprint density at radius 2 is 1.17 bits per heavy atom. The fraction of sp³-hybridized carbons (Fsp3) is 0.520. The van der Waals surface area contributed by atoms with Crippen molar-refractivity contribution >= 4 is 0 Å². The molecule has 0 radical (unpaired) electrons. The van der Waals surface area contributed by atoms with Crippen LogP contribution in [0.1, 0.15) is 69.8 Å². The second-order valence-electron chi connectivity index (χ2n) is 9.22. The Kier molecular flexibility index (Phi) is 6.17. The van der Waals surface area contributed by atoms with E-state index in [0.29, 0.717) is 23.6 Å². The number of rotatable bonds is 3. The minimum atomic E-state index is -1.62. The maximum absolute atomic E-state index is 14.9. The smallest absolute Gasteiger partial charge is 0.194 e. The summed E-state index contributed by atoms with van der Waals surface area (Å²) in [6.07, 6.45) is 8.84. The topological polar surface area (TPSA) is 0 Å². The van der Waals surface area contributed by atoms with Gasteiger partial charge in [0.1, 0.15) is 0 Å². The van der Waals surface area contributed by atoms with Gasteiger partial charge in [-0.2, -0.15) is 0 Å². The molecule has 162 valence electrons. The number of hydrogen-bond acceptors (Lipinski definition) is 0. The van der Waals surface area contributed by atoms with E-state index in [1.54, 1.807) is 0 Å². The Morgan fingerprint density at radius 3 is 1.73 bits per heavy atom. The van der Waals surface area contributed by atoms with Gasteiger partial charge in [-0.1, -0.05) is 31.9 Å². The first kappa shape index (κ1) is 21.3. The minimum Gasteiger partial charge on any atom is -0.204 e. The zero-order valence-electron chi connectivity index (χ0n) is 17.2. The van der Waals surface area contributed by atoms with Crippen LogP contribution in [0.15, 0.2) is 24.3 Å². The van der Waals surface area contributed by atoms with Crippen molar-refractivity contribution in [3.8, 4) is 11.1 Å². The van der Waals surface area contributed by atoms with E-state index in [-0.39, 0.29) is 17.0 Å². The van der Waals surface area contributed by atoms with E-state index >= 15 is 0 Å². The van der Waals surface area contributed by atoms with Gasteiger partial charge in [0, 0.05) is 5.56 Å². The average Bonchev–Trinajstić information content (AvgIpc) is 2.74. The highest BCUT2D eigenvalue weighted by Gasteiger charge is 2.32. The van der Waals surface area contributed by atoms with Crippen LogP contribution in [-0.4, -0.2) is 0 Å². The summed E-state index contributed by atoms with van der Waals surface area (Å²) in [5.74, 6) is -4.38. The normalized spacial score (nSPS) is 27.3. The molecule has 0 N–H and O–H groups in total. The van der Waals surface area contributed by atoms with E-state index in [0.717, 1.165) is 37.5 Å². The second kappa shape index (κ2) is 8.68. The molecule has 0 aliphatic heterocycles. The summed E-state index contributed by atoms with van der Waals surface area (Å²) in [6.45, 7) is 2.31. The molecule has 0 aromatic heterocycles. The molecule has 2 aromatic rings. The zero-order chi connectivity index (χ0) is 21.4. The third kappa shape index (κ3) is 4.13. The molecular formula is C25H27F5. The monoisotopic (exact) mass is 422 g/mol. The molecule has 30 heavy (non-hydrogen) atoms. The van der Waals surface area contributed by atoms with Crippen molar-refractivity contribution in [3.05, 3.63) is 58.9 Å². The number of hydrogen-bond donors (Lipinski definition) is 0. The second-order valence-corrected chi connectivity index (χ2v) is 9.22. The summed E-state index contributed by atoms with van der Waals surface area (Å²) in [7, 11) is 0. The summed E-state index contributed by atoms with van der Waals surface area (Å²) in [4.78, 5) is 0. The summed E-state index contributed by atoms with van der Waals surface area (Å²) in [5.41, 5.74) is -0.154. The van der Waals surface area contributed by atoms with Crippen LogP contribution in [0, 0.1) is 46.8 Å². The van der Waals surface area contributed by atoms with Crippen LogP contribution in [0.5, 0.6) is 0 Å². The molecule has 4 rings (SSSR count). The molecule has 2 saturated carbocycles. The Labute approximate surface area is 174 Å². The Morgan fingerprint density at radius 1 is 0.633 bits per heavy atom. The maximum atomic E-state index is 14.9. The maximum Gasteiger partial charge on any atom is 0.194 e. The first-order valence-electron chi connectivity index (χ1n) is 11.0. The van der Waals surface area contributed by atoms with Crippen molar-refractivity contribution in [3.63, 3.8) is 0 Å². The largest absolute Gasteiger partial charge is 0.204 e. The van der Waals surface area contributed by atoms with Crippen LogP contribution in [0.2, 0.25) is 0 Å². The zero-order valence-corrected chi connectivity index (χ0v) is 17.2. The van der Waals surface area contributed by atoms with Gasteiger partial charge in [0.2, 0.25) is 0 Å². The lowest BCUT2D eigenvalue weighted by atomic mass is 9.68. The quantitative estimate of drug-likeness (QED) is 0.346. The van der Waals surface area contributed by atoms with E-state index in [2.05, 4.69) is 6.92 Å². The SMILES string of the molecule is CC1CCC(C2CCC(c3ccc(-c4cc(F)c(F)c(F)c4)c(F)c3F)CC2)CC1. The molecule has 5 heteroatoms. The molecule has 2 aliphatic carbocycles. The molecule has 0 unspecified atom stereocenters. The summed E-state index contributed by atoms with van der Waals surface area (Å²) in [5, 5.41) is 0. The molecule has 0 spiro atoms. The molecule has 2 fully saturated rings. The standard InChI is InChI=1S/C25H27F5/c1-14-2-4-15(5-3-14)16-6-8-17(9-7-16)19-10-11-20(24(29)23(19)28)18-12-21(26)25(30)22(27)13-18/h10-17H,2-9H2,1H3. The van der Waals surface area contributed by atoms with E-state index in [1.807, 2.05) is 0 Å². The molecule has 0 saturated heterocycles. The van der Waals surface area contributed by atoms with Gasteiger partial charge < -0.3 is 0 Å². The predicted molar refractivity (Wildman–Crippen MR) is 107 cm³/mol. The van der Waals surface area contributed by atoms with Crippen molar-refractivity contribution < 1.29 is 22.0 Å². The Bertz CT molecular complexity index is 883. The summed E-state index contributed by atoms with van der Waals surface area (Å²) in [6, 6.07) is 4.23. The van der Waals surface area contributed by atoms with Crippen molar-refractivity contribution in [2.45, 2.75) is 64.2 Å². The van der Waals surface area contributed by atoms with Gasteiger partial charge in [-0.25, -0.2) is 22.0 Å². The van der Waals surface area contributed by atoms with Crippen molar-refractivity contribution in [2.75, 3.05) is 0 Å². The van der Waals surface area contributed by atoms with Crippen LogP contribution in [0.25, 0.3) is 11.1 Å². The number of halogens is 5. The first-order chi connectivity index (χ1) is 14.3. The molecule has 0 nitrogen and oxygen atoms in total. The average molecular weight is 422 g/mol. The summed E-state index contributed by atoms with van der Waals surface area (Å²) < 4.78 is 69.8. The molecule has 0 amide bonds. The first-order valence-corrected chi connectivity index (χ1v) is 11.0. The van der Waals surface area contributed by atoms with E-state index in [9.17, 15) is 22.0 Å². The molecule has 0 heterocycles. The Balaban J connectivity index is 1.49. The lowest BCUT2D eigenvalue weighted by molar-refractivity contribution is 0.164. The van der Waals surface area contributed by atoms with Gasteiger partial charge in [0.05, 0.1) is 0 Å². The highest BCUT2D eigenvalue weighted by atomic mass is 19.2. The van der Waals surface area contributed by atoms with Crippen LogP contribution in [-0.2, 0) is 0 Å². The van der Waals surface area contributed by atoms with Crippen molar-refractivity contribution in [2.24, 2.45) is 17.8 Å². The molecule has 2 aliphatic rings. The molecule has 0 bridgehead atoms. The third-order valence-corrected chi connectivity index (χ3v) is 7.35. The molecule has 2 aromatic carbocycles. The van der Waals surface area contributed by atoms with E-state index in [1.165, 1.54) is 37.8 Å². The highest BCUT2D eigenvalue weighted by molar-refractivity contribution is 5.65. The fourth-order valence-corrected chi connectivity index (χ4v) is 5.47. The Hall–Kier alpha value is -1.91. The van der Waals surface area contributed by atoms with Crippen molar-refractivity contribution in [1.29, 1.82) is 0 Å². The fourth-order valence-electron chi connectivity index (χ4n) is 5.47. The van der Waals surface area contributed by atoms with Gasteiger partial charge in [0.15, 0.2) is 29.1 Å². The predicted octanol–water partition coefficient (Wildman–Crippen LogP) is 8.15. The van der Waals surface area contributed by atoms with Crippen LogP contribution in [0.3, 0.4) is 0 Å². The van der Waals surface area contributed by atoms with Gasteiger partial charge in [0.25, 0.3) is 0 Å². The molecule has 0 atom stereocenters. The van der Waals surface area contributed by atoms with Gasteiger partial charge in [-0.05, 0) is 85.5 Å². The van der Waals surface area contributed by atoms with Crippen molar-refractivity contribution in [1.82, 2.24) is 0 Å². The third-order valence-electron chi connectivity index (χ3n) is 7.35. The van der Waals surface area contributed by atoms with E-state index < -0.39 is 29.1 Å². The van der Waals surface area contributed by atoms with Gasteiger partial charge in [-0.3, -0.25) is 0 Å². The molecular weight excluding hydrogens is 395 g/mol. The minimum absolute atomic E-state index is 0.0472. The number of benzene rings is 2. The summed E-state index contributed by atoms with van der Waals surface area (Å²) >= 11 is 0. The lowest BCUT2D eigenvalue weighted by Gasteiger charge is -2.37. The van der Waals surface area contributed by atoms with E-state index in [4.69, 9.17) is 0 Å². The van der Waals surface area contributed by atoms with Gasteiger partial charge in [-0.15, -0.1) is 0 Å². The van der Waals surface area contributed by atoms with Gasteiger partial charge >= 0.3 is 0 Å². The lowest BCUT2D eigenvalue weighted by Crippen LogP contribution is -2.25.